The Morgan fingerprint density at radius 1 is 0.895 bits per heavy atom. The van der Waals surface area contributed by atoms with Crippen molar-refractivity contribution >= 4 is 17.6 Å². The maximum Gasteiger partial charge on any atom is 0.189 e. The van der Waals surface area contributed by atoms with Gasteiger partial charge in [0.05, 0.1) is 29.9 Å². The fourth-order valence-corrected chi connectivity index (χ4v) is 3.60. The van der Waals surface area contributed by atoms with Crippen LogP contribution < -0.4 is 4.74 Å². The molecule has 0 saturated carbocycles. The molecule has 1 atom stereocenters. The number of aromatic nitrogens is 2. The number of hydrogen-bond acceptors (Lipinski definition) is 8. The van der Waals surface area contributed by atoms with Gasteiger partial charge in [0.15, 0.2) is 11.6 Å². The van der Waals surface area contributed by atoms with Crippen molar-refractivity contribution in [1.29, 1.82) is 0 Å². The van der Waals surface area contributed by atoms with Crippen LogP contribution in [0.5, 0.6) is 23.0 Å². The fourth-order valence-electron chi connectivity index (χ4n) is 3.60. The number of phenols is 3. The molecule has 0 bridgehead atoms. The fraction of sp³-hybridized carbons (Fsp3) is 0.0714. The number of halogens is 2. The average molecular weight is 518 g/mol. The Balaban J connectivity index is 0.000000177. The Hall–Kier alpha value is -5.12. The van der Waals surface area contributed by atoms with Gasteiger partial charge in [-0.05, 0) is 66.2 Å². The third-order valence-corrected chi connectivity index (χ3v) is 5.40. The molecule has 1 aliphatic rings. The van der Waals surface area contributed by atoms with Crippen molar-refractivity contribution < 1.29 is 38.4 Å². The average Bonchev–Trinajstić information content (AvgIpc) is 2.89. The molecule has 38 heavy (non-hydrogen) atoms. The lowest BCUT2D eigenvalue weighted by Gasteiger charge is -2.25. The molecule has 0 aliphatic carbocycles. The van der Waals surface area contributed by atoms with Crippen molar-refractivity contribution in [2.75, 3.05) is 0 Å². The Morgan fingerprint density at radius 2 is 1.58 bits per heavy atom. The van der Waals surface area contributed by atoms with E-state index in [1.807, 2.05) is 0 Å². The van der Waals surface area contributed by atoms with Crippen LogP contribution in [0.2, 0.25) is 0 Å². The van der Waals surface area contributed by atoms with Crippen LogP contribution in [0.25, 0.3) is 6.08 Å². The van der Waals surface area contributed by atoms with Gasteiger partial charge < -0.3 is 20.1 Å². The first-order valence-electron chi connectivity index (χ1n) is 11.2. The summed E-state index contributed by atoms with van der Waals surface area (Å²) in [7, 11) is 0. The number of Topliss-reactive ketones (excluding diaryl/α,β-unsaturated/α-hetero) is 1. The summed E-state index contributed by atoms with van der Waals surface area (Å²) < 4.78 is 31.7. The summed E-state index contributed by atoms with van der Waals surface area (Å²) in [5.41, 5.74) is 1.27. The molecule has 2 aromatic heterocycles. The zero-order valence-electron chi connectivity index (χ0n) is 19.6. The normalized spacial score (nSPS) is 14.3. The highest BCUT2D eigenvalue weighted by Crippen LogP contribution is 2.36. The van der Waals surface area contributed by atoms with Crippen LogP contribution in [0, 0.1) is 11.6 Å². The van der Waals surface area contributed by atoms with Gasteiger partial charge in [0.25, 0.3) is 0 Å². The summed E-state index contributed by atoms with van der Waals surface area (Å²) >= 11 is 0. The molecule has 0 spiro atoms. The van der Waals surface area contributed by atoms with Crippen LogP contribution in [-0.2, 0) is 0 Å². The summed E-state index contributed by atoms with van der Waals surface area (Å²) in [5.74, 6) is -1.57. The summed E-state index contributed by atoms with van der Waals surface area (Å²) in [5, 5.41) is 28.1. The van der Waals surface area contributed by atoms with Crippen LogP contribution in [0.3, 0.4) is 0 Å². The standard InChI is InChI=1S/2C14H10FNO3/c15-9-3-8(6-16-7-9)14-5-12(18)11-4-10(17)1-2-13(11)19-14;15-10-5-9(7-16-8-10)1-3-13(18)12-6-11(17)2-4-14(12)19/h1-4,6-7,14,17H,5H2;1-8,17,19H/b;3-1+. The topological polar surface area (TPSA) is 130 Å². The van der Waals surface area contributed by atoms with Crippen molar-refractivity contribution in [1.82, 2.24) is 9.97 Å². The molecular weight excluding hydrogens is 498 g/mol. The summed E-state index contributed by atoms with van der Waals surface area (Å²) in [6.45, 7) is 0. The number of phenolic OH excluding ortho intramolecular Hbond substituents is 3. The quantitative estimate of drug-likeness (QED) is 0.192. The van der Waals surface area contributed by atoms with E-state index in [1.54, 1.807) is 0 Å². The van der Waals surface area contributed by atoms with Gasteiger partial charge in [-0.2, -0.15) is 0 Å². The highest BCUT2D eigenvalue weighted by atomic mass is 19.1. The van der Waals surface area contributed by atoms with Gasteiger partial charge in [-0.15, -0.1) is 0 Å². The molecule has 2 aromatic carbocycles. The Morgan fingerprint density at radius 3 is 2.32 bits per heavy atom. The largest absolute Gasteiger partial charge is 0.508 e. The van der Waals surface area contributed by atoms with Crippen LogP contribution >= 0.6 is 0 Å². The van der Waals surface area contributed by atoms with E-state index in [0.717, 1.165) is 18.5 Å². The number of hydrogen-bond donors (Lipinski definition) is 3. The lowest BCUT2D eigenvalue weighted by atomic mass is 9.97. The molecule has 0 saturated heterocycles. The van der Waals surface area contributed by atoms with Gasteiger partial charge in [-0.3, -0.25) is 19.6 Å². The van der Waals surface area contributed by atoms with Crippen molar-refractivity contribution in [3.8, 4) is 23.0 Å². The SMILES string of the molecule is O=C(/C=C/c1cncc(F)c1)c1cc(O)ccc1O.O=C1CC(c2cncc(F)c2)Oc2ccc(O)cc21. The maximum absolute atomic E-state index is 13.1. The highest BCUT2D eigenvalue weighted by Gasteiger charge is 2.28. The zero-order chi connectivity index (χ0) is 27.2. The third kappa shape index (κ3) is 6.35. The number of fused-ring (bicyclic) bond motifs is 1. The zero-order valence-corrected chi connectivity index (χ0v) is 19.6. The third-order valence-electron chi connectivity index (χ3n) is 5.40. The van der Waals surface area contributed by atoms with E-state index in [0.29, 0.717) is 22.4 Å². The van der Waals surface area contributed by atoms with E-state index in [4.69, 9.17) is 4.74 Å². The molecule has 4 aromatic rings. The second kappa shape index (κ2) is 11.3. The number of pyridine rings is 2. The minimum absolute atomic E-state index is 0.0153. The minimum Gasteiger partial charge on any atom is -0.508 e. The van der Waals surface area contributed by atoms with E-state index >= 15 is 0 Å². The number of ketones is 2. The molecular formula is C28H20F2N2O6. The van der Waals surface area contributed by atoms with Crippen LogP contribution in [0.15, 0.2) is 79.4 Å². The first-order valence-corrected chi connectivity index (χ1v) is 11.2. The molecule has 10 heteroatoms. The first-order chi connectivity index (χ1) is 18.2. The molecule has 3 N–H and O–H groups in total. The summed E-state index contributed by atoms with van der Waals surface area (Å²) in [4.78, 5) is 31.2. The Kier molecular flexibility index (Phi) is 7.72. The van der Waals surface area contributed by atoms with Crippen molar-refractivity contribution in [3.05, 3.63) is 113 Å². The van der Waals surface area contributed by atoms with E-state index < -0.39 is 23.5 Å². The molecule has 8 nitrogen and oxygen atoms in total. The number of carbonyl (C=O) groups excluding carboxylic acids is 2. The maximum atomic E-state index is 13.1. The van der Waals surface area contributed by atoms with E-state index in [2.05, 4.69) is 9.97 Å². The number of rotatable bonds is 4. The molecule has 1 aliphatic heterocycles. The monoisotopic (exact) mass is 518 g/mol. The predicted octanol–water partition coefficient (Wildman–Crippen LogP) is 5.16. The lowest BCUT2D eigenvalue weighted by Crippen LogP contribution is -2.20. The van der Waals surface area contributed by atoms with Crippen LogP contribution in [-0.4, -0.2) is 36.9 Å². The number of ether oxygens (including phenoxy) is 1. The van der Waals surface area contributed by atoms with Gasteiger partial charge in [0, 0.05) is 18.0 Å². The lowest BCUT2D eigenvalue weighted by molar-refractivity contribution is 0.0848. The Bertz CT molecular complexity index is 1540. The van der Waals surface area contributed by atoms with E-state index in [9.17, 15) is 33.7 Å². The van der Waals surface area contributed by atoms with Gasteiger partial charge in [-0.1, -0.05) is 0 Å². The van der Waals surface area contributed by atoms with Gasteiger partial charge in [-0.25, -0.2) is 8.78 Å². The molecule has 0 fully saturated rings. The Labute approximate surface area is 215 Å². The number of allylic oxidation sites excluding steroid dienone is 1. The number of nitrogens with zero attached hydrogens (tertiary/aromatic N) is 2. The van der Waals surface area contributed by atoms with Crippen molar-refractivity contribution in [2.45, 2.75) is 12.5 Å². The van der Waals surface area contributed by atoms with Crippen LogP contribution in [0.1, 0.15) is 44.4 Å². The summed E-state index contributed by atoms with van der Waals surface area (Å²) in [6.07, 6.45) is 7.13. The van der Waals surface area contributed by atoms with Crippen molar-refractivity contribution in [2.24, 2.45) is 0 Å². The minimum atomic E-state index is -0.548. The number of benzene rings is 2. The van der Waals surface area contributed by atoms with Gasteiger partial charge in [0.2, 0.25) is 0 Å². The smallest absolute Gasteiger partial charge is 0.189 e. The highest BCUT2D eigenvalue weighted by molar-refractivity contribution is 6.08. The molecule has 5 rings (SSSR count). The second-order valence-corrected chi connectivity index (χ2v) is 8.19. The molecule has 1 unspecified atom stereocenters. The van der Waals surface area contributed by atoms with Crippen molar-refractivity contribution in [3.63, 3.8) is 0 Å². The van der Waals surface area contributed by atoms with Gasteiger partial charge >= 0.3 is 0 Å². The molecule has 3 heterocycles. The first kappa shape index (κ1) is 26.0. The van der Waals surface area contributed by atoms with E-state index in [-0.39, 0.29) is 35.0 Å². The second-order valence-electron chi connectivity index (χ2n) is 8.19. The molecule has 0 radical (unpaired) electrons. The molecule has 0 amide bonds. The number of aromatic hydroxyl groups is 3. The summed E-state index contributed by atoms with van der Waals surface area (Å²) in [6, 6.07) is 10.5. The predicted molar refractivity (Wildman–Crippen MR) is 132 cm³/mol. The number of carbonyl (C=O) groups is 2. The van der Waals surface area contributed by atoms with E-state index in [1.165, 1.54) is 67.0 Å². The van der Waals surface area contributed by atoms with Gasteiger partial charge in [0.1, 0.15) is 40.7 Å². The van der Waals surface area contributed by atoms with Crippen LogP contribution in [0.4, 0.5) is 8.78 Å². The molecule has 192 valence electrons.